The Morgan fingerprint density at radius 3 is 2.54 bits per heavy atom. The topological polar surface area (TPSA) is 59.2 Å². The average molecular weight is 442 g/mol. The molecule has 1 aromatic heterocycles. The molecular weight excluding hydrogens is 413 g/mol. The molecule has 1 saturated heterocycles. The van der Waals surface area contributed by atoms with E-state index < -0.39 is 0 Å². The monoisotopic (exact) mass is 441 g/mol. The third-order valence-electron chi connectivity index (χ3n) is 5.97. The van der Waals surface area contributed by atoms with Gasteiger partial charge < -0.3 is 10.6 Å². The fourth-order valence-electron chi connectivity index (χ4n) is 4.29. The molecular formula is C21H29Cl2N3OS. The number of carbonyl (C=O) groups is 1. The molecule has 1 aliphatic heterocycles. The van der Waals surface area contributed by atoms with Crippen molar-refractivity contribution >= 4 is 52.3 Å². The van der Waals surface area contributed by atoms with Crippen LogP contribution < -0.4 is 5.73 Å². The van der Waals surface area contributed by atoms with Gasteiger partial charge in [0.25, 0.3) is 0 Å². The summed E-state index contributed by atoms with van der Waals surface area (Å²) < 4.78 is 1.21. The molecule has 3 unspecified atom stereocenters. The van der Waals surface area contributed by atoms with Gasteiger partial charge in [0.15, 0.2) is 0 Å². The number of halogens is 2. The lowest BCUT2D eigenvalue weighted by atomic mass is 9.81. The Balaban J connectivity index is 0.00000140. The molecule has 1 aliphatic carbocycles. The number of piperidine rings is 1. The van der Waals surface area contributed by atoms with Crippen molar-refractivity contribution in [1.29, 1.82) is 0 Å². The summed E-state index contributed by atoms with van der Waals surface area (Å²) in [5, 5.41) is 1.11. The first-order valence-electron chi connectivity index (χ1n) is 9.68. The van der Waals surface area contributed by atoms with Gasteiger partial charge in [-0.1, -0.05) is 24.3 Å². The van der Waals surface area contributed by atoms with Crippen LogP contribution in [0.15, 0.2) is 36.4 Å². The van der Waals surface area contributed by atoms with Crippen LogP contribution in [0.5, 0.6) is 0 Å². The zero-order valence-electron chi connectivity index (χ0n) is 16.1. The van der Waals surface area contributed by atoms with Crippen molar-refractivity contribution in [3.8, 4) is 0 Å². The molecule has 1 aromatic carbocycles. The van der Waals surface area contributed by atoms with Crippen LogP contribution in [0.2, 0.25) is 0 Å². The SMILES string of the molecule is CC(N)C1CCN(C(=O)C2CC=CCC2c2nc3ccccc3s2)CC1.Cl.Cl. The molecule has 1 fully saturated rings. The van der Waals surface area contributed by atoms with Crippen LogP contribution >= 0.6 is 36.2 Å². The largest absolute Gasteiger partial charge is 0.342 e. The van der Waals surface area contributed by atoms with E-state index in [9.17, 15) is 4.79 Å². The summed E-state index contributed by atoms with van der Waals surface area (Å²) in [5.74, 6) is 1.08. The van der Waals surface area contributed by atoms with Crippen molar-refractivity contribution in [2.75, 3.05) is 13.1 Å². The van der Waals surface area contributed by atoms with Gasteiger partial charge in [-0.15, -0.1) is 36.2 Å². The molecule has 0 spiro atoms. The Labute approximate surface area is 183 Å². The highest BCUT2D eigenvalue weighted by molar-refractivity contribution is 7.18. The summed E-state index contributed by atoms with van der Waals surface area (Å²) in [5.41, 5.74) is 7.09. The lowest BCUT2D eigenvalue weighted by Gasteiger charge is -2.37. The van der Waals surface area contributed by atoms with Gasteiger partial charge in [-0.05, 0) is 50.7 Å². The van der Waals surface area contributed by atoms with Gasteiger partial charge in [0.1, 0.15) is 0 Å². The molecule has 3 atom stereocenters. The number of nitrogens with two attached hydrogens (primary N) is 1. The molecule has 4 nitrogen and oxygen atoms in total. The number of benzene rings is 1. The summed E-state index contributed by atoms with van der Waals surface area (Å²) in [6.07, 6.45) is 8.17. The highest BCUT2D eigenvalue weighted by Crippen LogP contribution is 2.39. The number of fused-ring (bicyclic) bond motifs is 1. The standard InChI is InChI=1S/C21H27N3OS.2ClH/c1-14(22)15-10-12-24(13-11-15)21(25)17-7-3-2-6-16(17)20-23-18-8-4-5-9-19(18)26-20;;/h2-5,8-9,14-17H,6-7,10-13,22H2,1H3;2*1H. The molecule has 7 heteroatoms. The van der Waals surface area contributed by atoms with Crippen molar-refractivity contribution < 1.29 is 4.79 Å². The van der Waals surface area contributed by atoms with Crippen LogP contribution in [0.25, 0.3) is 10.2 Å². The fraction of sp³-hybridized carbons (Fsp3) is 0.524. The van der Waals surface area contributed by atoms with Crippen molar-refractivity contribution in [2.24, 2.45) is 17.6 Å². The van der Waals surface area contributed by atoms with Gasteiger partial charge in [0.05, 0.1) is 21.1 Å². The van der Waals surface area contributed by atoms with Crippen molar-refractivity contribution in [1.82, 2.24) is 9.88 Å². The van der Waals surface area contributed by atoms with Crippen LogP contribution in [-0.2, 0) is 4.79 Å². The number of thiazole rings is 1. The zero-order valence-corrected chi connectivity index (χ0v) is 18.6. The molecule has 4 rings (SSSR count). The molecule has 2 aliphatic rings. The van der Waals surface area contributed by atoms with Crippen LogP contribution in [0.3, 0.4) is 0 Å². The number of aromatic nitrogens is 1. The summed E-state index contributed by atoms with van der Waals surface area (Å²) in [6.45, 7) is 3.77. The number of amides is 1. The summed E-state index contributed by atoms with van der Waals surface area (Å²) in [7, 11) is 0. The van der Waals surface area contributed by atoms with Crippen molar-refractivity contribution in [3.05, 3.63) is 41.4 Å². The van der Waals surface area contributed by atoms with Crippen LogP contribution in [-0.4, -0.2) is 34.9 Å². The predicted octanol–water partition coefficient (Wildman–Crippen LogP) is 4.78. The van der Waals surface area contributed by atoms with Crippen molar-refractivity contribution in [2.45, 2.75) is 44.6 Å². The number of carbonyl (C=O) groups excluding carboxylic acids is 1. The fourth-order valence-corrected chi connectivity index (χ4v) is 5.43. The number of nitrogens with zero attached hydrogens (tertiary/aromatic N) is 2. The molecule has 1 amide bonds. The number of rotatable bonds is 3. The maximum Gasteiger partial charge on any atom is 0.226 e. The number of allylic oxidation sites excluding steroid dienone is 2. The summed E-state index contributed by atoms with van der Waals surface area (Å²) in [6, 6.07) is 8.48. The van der Waals surface area contributed by atoms with Gasteiger partial charge in [0, 0.05) is 25.0 Å². The second-order valence-electron chi connectivity index (χ2n) is 7.70. The Bertz CT molecular complexity index is 782. The van der Waals surface area contributed by atoms with E-state index in [-0.39, 0.29) is 42.7 Å². The van der Waals surface area contributed by atoms with Gasteiger partial charge in [0.2, 0.25) is 5.91 Å². The molecule has 28 heavy (non-hydrogen) atoms. The second kappa shape index (κ2) is 10.1. The first-order chi connectivity index (χ1) is 12.6. The maximum atomic E-state index is 13.3. The summed E-state index contributed by atoms with van der Waals surface area (Å²) >= 11 is 1.74. The lowest BCUT2D eigenvalue weighted by Crippen LogP contribution is -2.46. The predicted molar refractivity (Wildman–Crippen MR) is 122 cm³/mol. The first-order valence-corrected chi connectivity index (χ1v) is 10.5. The number of para-hydroxylation sites is 1. The Morgan fingerprint density at radius 1 is 1.18 bits per heavy atom. The Hall–Kier alpha value is -1.14. The van der Waals surface area contributed by atoms with Crippen LogP contribution in [0.1, 0.15) is 43.5 Å². The number of hydrogen-bond donors (Lipinski definition) is 1. The maximum absolute atomic E-state index is 13.3. The third kappa shape index (κ3) is 4.70. The minimum Gasteiger partial charge on any atom is -0.342 e. The molecule has 2 heterocycles. The van der Waals surface area contributed by atoms with Crippen LogP contribution in [0.4, 0.5) is 0 Å². The Morgan fingerprint density at radius 2 is 1.86 bits per heavy atom. The molecule has 0 saturated carbocycles. The van der Waals surface area contributed by atoms with E-state index in [1.807, 2.05) is 6.07 Å². The highest BCUT2D eigenvalue weighted by atomic mass is 35.5. The van der Waals surface area contributed by atoms with Gasteiger partial charge in [-0.25, -0.2) is 4.98 Å². The molecule has 2 aromatic rings. The zero-order chi connectivity index (χ0) is 18.1. The van der Waals surface area contributed by atoms with E-state index >= 15 is 0 Å². The quantitative estimate of drug-likeness (QED) is 0.697. The minimum atomic E-state index is 0. The van der Waals surface area contributed by atoms with E-state index in [0.29, 0.717) is 11.8 Å². The number of likely N-dealkylation sites (tertiary alicyclic amines) is 1. The van der Waals surface area contributed by atoms with Gasteiger partial charge in [-0.3, -0.25) is 4.79 Å². The Kier molecular flexibility index (Phi) is 8.31. The van der Waals surface area contributed by atoms with E-state index in [1.165, 1.54) is 4.70 Å². The van der Waals surface area contributed by atoms with E-state index in [4.69, 9.17) is 10.7 Å². The molecule has 154 valence electrons. The lowest BCUT2D eigenvalue weighted by molar-refractivity contribution is -0.137. The van der Waals surface area contributed by atoms with E-state index in [1.54, 1.807) is 11.3 Å². The van der Waals surface area contributed by atoms with Crippen LogP contribution in [0, 0.1) is 11.8 Å². The average Bonchev–Trinajstić information content (AvgIpc) is 3.11. The highest BCUT2D eigenvalue weighted by Gasteiger charge is 2.36. The second-order valence-corrected chi connectivity index (χ2v) is 8.76. The van der Waals surface area contributed by atoms with E-state index in [0.717, 1.165) is 49.3 Å². The molecule has 0 radical (unpaired) electrons. The van der Waals surface area contributed by atoms with Gasteiger partial charge >= 0.3 is 0 Å². The summed E-state index contributed by atoms with van der Waals surface area (Å²) in [4.78, 5) is 20.2. The first kappa shape index (κ1) is 23.1. The molecule has 2 N–H and O–H groups in total. The van der Waals surface area contributed by atoms with Crippen molar-refractivity contribution in [3.63, 3.8) is 0 Å². The van der Waals surface area contributed by atoms with E-state index in [2.05, 4.69) is 42.2 Å². The van der Waals surface area contributed by atoms with Gasteiger partial charge in [-0.2, -0.15) is 0 Å². The number of hydrogen-bond acceptors (Lipinski definition) is 4. The minimum absolute atomic E-state index is 0. The normalized spacial score (nSPS) is 23.7. The third-order valence-corrected chi connectivity index (χ3v) is 7.14. The molecule has 0 bridgehead atoms. The smallest absolute Gasteiger partial charge is 0.226 e.